The molecule has 1 heterocycles. The van der Waals surface area contributed by atoms with E-state index in [4.69, 9.17) is 4.74 Å². The molecule has 7 nitrogen and oxygen atoms in total. The predicted molar refractivity (Wildman–Crippen MR) is 67.7 cm³/mol. The van der Waals surface area contributed by atoms with Crippen LogP contribution in [0.15, 0.2) is 18.5 Å². The lowest BCUT2D eigenvalue weighted by Gasteiger charge is -2.13. The molecule has 0 saturated heterocycles. The average Bonchev–Trinajstić information content (AvgIpc) is 2.38. The van der Waals surface area contributed by atoms with E-state index >= 15 is 0 Å². The molecule has 3 N–H and O–H groups in total. The summed E-state index contributed by atoms with van der Waals surface area (Å²) in [5, 5.41) is 14.3. The summed E-state index contributed by atoms with van der Waals surface area (Å²) in [6.45, 7) is 2.35. The summed E-state index contributed by atoms with van der Waals surface area (Å²) in [6.07, 6.45) is 2.53. The molecule has 0 fully saturated rings. The zero-order valence-corrected chi connectivity index (χ0v) is 10.8. The van der Waals surface area contributed by atoms with Gasteiger partial charge in [0.25, 0.3) is 5.91 Å². The normalized spacial score (nSPS) is 11.7. The fourth-order valence-corrected chi connectivity index (χ4v) is 1.33. The molecule has 1 rings (SSSR count). The van der Waals surface area contributed by atoms with Gasteiger partial charge in [-0.05, 0) is 13.0 Å². The number of ether oxygens (including phenoxy) is 1. The van der Waals surface area contributed by atoms with E-state index in [0.29, 0.717) is 13.2 Å². The molecule has 0 aliphatic carbocycles. The van der Waals surface area contributed by atoms with Crippen LogP contribution in [0.25, 0.3) is 0 Å². The maximum Gasteiger partial charge on any atom is 0.253 e. The zero-order chi connectivity index (χ0) is 14.3. The highest BCUT2D eigenvalue weighted by molar-refractivity contribution is 5.97. The lowest BCUT2D eigenvalue weighted by atomic mass is 10.2. The third-order valence-electron chi connectivity index (χ3n) is 2.33. The molecule has 19 heavy (non-hydrogen) atoms. The Labute approximate surface area is 111 Å². The zero-order valence-electron chi connectivity index (χ0n) is 10.8. The molecule has 0 spiro atoms. The smallest absolute Gasteiger partial charge is 0.253 e. The van der Waals surface area contributed by atoms with Crippen LogP contribution < -0.4 is 10.6 Å². The number of nitrogens with zero attached hydrogens (tertiary/aromatic N) is 1. The number of hydrogen-bond acceptors (Lipinski definition) is 5. The Kier molecular flexibility index (Phi) is 5.74. The Morgan fingerprint density at radius 1 is 1.47 bits per heavy atom. The largest absolute Gasteiger partial charge is 0.506 e. The number of methoxy groups -OCH3 is 1. The van der Waals surface area contributed by atoms with Gasteiger partial charge in [0, 0.05) is 19.9 Å². The van der Waals surface area contributed by atoms with E-state index < -0.39 is 11.9 Å². The lowest BCUT2D eigenvalue weighted by Crippen LogP contribution is -2.45. The number of rotatable bonds is 6. The first kappa shape index (κ1) is 14.9. The van der Waals surface area contributed by atoms with Gasteiger partial charge in [-0.15, -0.1) is 0 Å². The Bertz CT molecular complexity index is 450. The average molecular weight is 267 g/mol. The third kappa shape index (κ3) is 4.92. The molecular formula is C12H17N3O4. The number of carbonyl (C=O) groups excluding carboxylic acids is 2. The first-order valence-electron chi connectivity index (χ1n) is 5.76. The predicted octanol–water partition coefficient (Wildman–Crippen LogP) is -0.332. The van der Waals surface area contributed by atoms with E-state index in [1.807, 2.05) is 0 Å². The van der Waals surface area contributed by atoms with Crippen LogP contribution in [0.3, 0.4) is 0 Å². The van der Waals surface area contributed by atoms with Crippen molar-refractivity contribution in [3.05, 3.63) is 24.0 Å². The van der Waals surface area contributed by atoms with E-state index in [2.05, 4.69) is 15.6 Å². The highest BCUT2D eigenvalue weighted by Gasteiger charge is 2.16. The fraction of sp³-hybridized carbons (Fsp3) is 0.417. The molecule has 1 aromatic heterocycles. The standard InChI is InChI=1S/C12H17N3O4/c1-8(11(17)14-3-4-19-2)15-12(18)9-5-10(16)7-13-6-9/h5-8,16H,3-4H2,1-2H3,(H,14,17)(H,15,18). The lowest BCUT2D eigenvalue weighted by molar-refractivity contribution is -0.122. The molecule has 104 valence electrons. The van der Waals surface area contributed by atoms with Crippen LogP contribution >= 0.6 is 0 Å². The van der Waals surface area contributed by atoms with Gasteiger partial charge in [0.05, 0.1) is 18.4 Å². The van der Waals surface area contributed by atoms with Gasteiger partial charge in [0.1, 0.15) is 11.8 Å². The Balaban J connectivity index is 2.49. The second-order valence-electron chi connectivity index (χ2n) is 3.91. The first-order valence-corrected chi connectivity index (χ1v) is 5.76. The van der Waals surface area contributed by atoms with Crippen LogP contribution in [0.1, 0.15) is 17.3 Å². The molecule has 7 heteroatoms. The first-order chi connectivity index (χ1) is 9.04. The summed E-state index contributed by atoms with van der Waals surface area (Å²) < 4.78 is 4.80. The van der Waals surface area contributed by atoms with Crippen LogP contribution in [-0.4, -0.2) is 48.2 Å². The Hall–Kier alpha value is -2.15. The van der Waals surface area contributed by atoms with Crippen LogP contribution in [-0.2, 0) is 9.53 Å². The van der Waals surface area contributed by atoms with Crippen molar-refractivity contribution in [1.82, 2.24) is 15.6 Å². The quantitative estimate of drug-likeness (QED) is 0.613. The van der Waals surface area contributed by atoms with Crippen LogP contribution in [0.4, 0.5) is 0 Å². The van der Waals surface area contributed by atoms with Gasteiger partial charge in [-0.3, -0.25) is 14.6 Å². The number of pyridine rings is 1. The van der Waals surface area contributed by atoms with Gasteiger partial charge in [-0.25, -0.2) is 0 Å². The van der Waals surface area contributed by atoms with Gasteiger partial charge in [-0.2, -0.15) is 0 Å². The van der Waals surface area contributed by atoms with Crippen molar-refractivity contribution in [2.45, 2.75) is 13.0 Å². The van der Waals surface area contributed by atoms with Gasteiger partial charge in [-0.1, -0.05) is 0 Å². The van der Waals surface area contributed by atoms with E-state index in [1.54, 1.807) is 6.92 Å². The Morgan fingerprint density at radius 2 is 2.21 bits per heavy atom. The highest BCUT2D eigenvalue weighted by Crippen LogP contribution is 2.08. The third-order valence-corrected chi connectivity index (χ3v) is 2.33. The van der Waals surface area contributed by atoms with E-state index in [1.165, 1.54) is 25.6 Å². The van der Waals surface area contributed by atoms with E-state index in [-0.39, 0.29) is 17.2 Å². The second-order valence-corrected chi connectivity index (χ2v) is 3.91. The van der Waals surface area contributed by atoms with Crippen molar-refractivity contribution >= 4 is 11.8 Å². The maximum atomic E-state index is 11.8. The summed E-state index contributed by atoms with van der Waals surface area (Å²) in [5.41, 5.74) is 0.191. The molecule has 1 atom stereocenters. The summed E-state index contributed by atoms with van der Waals surface area (Å²) in [7, 11) is 1.53. The minimum atomic E-state index is -0.688. The van der Waals surface area contributed by atoms with Crippen molar-refractivity contribution in [2.75, 3.05) is 20.3 Å². The van der Waals surface area contributed by atoms with E-state index in [0.717, 1.165) is 0 Å². The maximum absolute atomic E-state index is 11.8. The molecule has 0 aliphatic heterocycles. The summed E-state index contributed by atoms with van der Waals surface area (Å²) in [6, 6.07) is 0.587. The monoisotopic (exact) mass is 267 g/mol. The van der Waals surface area contributed by atoms with Crippen LogP contribution in [0.2, 0.25) is 0 Å². The van der Waals surface area contributed by atoms with Crippen molar-refractivity contribution in [2.24, 2.45) is 0 Å². The van der Waals surface area contributed by atoms with Crippen molar-refractivity contribution in [3.8, 4) is 5.75 Å². The minimum absolute atomic E-state index is 0.107. The van der Waals surface area contributed by atoms with Crippen molar-refractivity contribution in [1.29, 1.82) is 0 Å². The van der Waals surface area contributed by atoms with Crippen LogP contribution in [0, 0.1) is 0 Å². The number of hydrogen-bond donors (Lipinski definition) is 3. The number of aromatic nitrogens is 1. The SMILES string of the molecule is COCCNC(=O)C(C)NC(=O)c1cncc(O)c1. The van der Waals surface area contributed by atoms with Gasteiger partial charge in [0.2, 0.25) is 5.91 Å². The Morgan fingerprint density at radius 3 is 2.84 bits per heavy atom. The second kappa shape index (κ2) is 7.32. The topological polar surface area (TPSA) is 101 Å². The molecule has 0 bridgehead atoms. The molecule has 0 saturated carbocycles. The number of carbonyl (C=O) groups is 2. The molecule has 0 radical (unpaired) electrons. The van der Waals surface area contributed by atoms with Crippen LogP contribution in [0.5, 0.6) is 5.75 Å². The molecule has 2 amide bonds. The molecule has 0 aliphatic rings. The summed E-state index contributed by atoms with van der Waals surface area (Å²) >= 11 is 0. The van der Waals surface area contributed by atoms with E-state index in [9.17, 15) is 14.7 Å². The number of nitrogens with one attached hydrogen (secondary N) is 2. The van der Waals surface area contributed by atoms with Crippen molar-refractivity contribution in [3.63, 3.8) is 0 Å². The number of aromatic hydroxyl groups is 1. The summed E-state index contributed by atoms with van der Waals surface area (Å²) in [5.74, 6) is -0.888. The van der Waals surface area contributed by atoms with Crippen molar-refractivity contribution < 1.29 is 19.4 Å². The summed E-state index contributed by atoms with van der Waals surface area (Å²) in [4.78, 5) is 27.1. The fourth-order valence-electron chi connectivity index (χ4n) is 1.33. The molecule has 0 aromatic carbocycles. The van der Waals surface area contributed by atoms with Gasteiger partial charge < -0.3 is 20.5 Å². The van der Waals surface area contributed by atoms with Gasteiger partial charge >= 0.3 is 0 Å². The molecule has 1 aromatic rings. The van der Waals surface area contributed by atoms with Gasteiger partial charge in [0.15, 0.2) is 0 Å². The highest BCUT2D eigenvalue weighted by atomic mass is 16.5. The minimum Gasteiger partial charge on any atom is -0.506 e. The molecule has 1 unspecified atom stereocenters. The number of amides is 2. The molecular weight excluding hydrogens is 250 g/mol.